The van der Waals surface area contributed by atoms with Crippen LogP contribution in [0.3, 0.4) is 0 Å². The van der Waals surface area contributed by atoms with Gasteiger partial charge in [0.25, 0.3) is 0 Å². The first-order chi connectivity index (χ1) is 13.4. The zero-order valence-electron chi connectivity index (χ0n) is 14.6. The fraction of sp³-hybridized carbons (Fsp3) is 0.100. The maximum atomic E-state index is 14.1. The maximum Gasteiger partial charge on any atom is 0.337 e. The number of benzene rings is 1. The fourth-order valence-corrected chi connectivity index (χ4v) is 4.55. The molecule has 0 spiro atoms. The smallest absolute Gasteiger partial charge is 0.337 e. The van der Waals surface area contributed by atoms with Gasteiger partial charge in [0.05, 0.1) is 23.5 Å². The number of rotatable bonds is 5. The molecule has 0 aliphatic rings. The van der Waals surface area contributed by atoms with Crippen LogP contribution in [-0.4, -0.2) is 20.6 Å². The van der Waals surface area contributed by atoms with E-state index in [0.717, 1.165) is 10.9 Å². The Bertz CT molecular complexity index is 1160. The second-order valence-electron chi connectivity index (χ2n) is 6.16. The average Bonchev–Trinajstić information content (AvgIpc) is 3.37. The minimum absolute atomic E-state index is 0.203. The minimum Gasteiger partial charge on any atom is -0.478 e. The van der Waals surface area contributed by atoms with E-state index < -0.39 is 17.6 Å². The van der Waals surface area contributed by atoms with Crippen LogP contribution in [0.1, 0.15) is 20.9 Å². The van der Waals surface area contributed by atoms with E-state index in [0.29, 0.717) is 28.6 Å². The van der Waals surface area contributed by atoms with E-state index in [-0.39, 0.29) is 11.1 Å². The molecule has 0 bridgehead atoms. The second kappa shape index (κ2) is 7.29. The molecule has 0 unspecified atom stereocenters. The van der Waals surface area contributed by atoms with Crippen molar-refractivity contribution in [3.8, 4) is 22.0 Å². The molecule has 3 aromatic heterocycles. The van der Waals surface area contributed by atoms with Gasteiger partial charge in [0, 0.05) is 27.6 Å². The molecule has 0 aliphatic heterocycles. The van der Waals surface area contributed by atoms with Crippen LogP contribution in [0.25, 0.3) is 22.0 Å². The maximum absolute atomic E-state index is 14.1. The van der Waals surface area contributed by atoms with Crippen LogP contribution < -0.4 is 0 Å². The van der Waals surface area contributed by atoms with Gasteiger partial charge in [0.15, 0.2) is 0 Å². The van der Waals surface area contributed by atoms with Crippen molar-refractivity contribution in [2.24, 2.45) is 0 Å². The Labute approximate surface area is 167 Å². The molecule has 0 saturated carbocycles. The summed E-state index contributed by atoms with van der Waals surface area (Å²) in [6, 6.07) is 8.87. The van der Waals surface area contributed by atoms with Crippen molar-refractivity contribution < 1.29 is 18.7 Å². The average molecular weight is 416 g/mol. The molecular formula is C20H14F2N2O2S2. The monoisotopic (exact) mass is 416 g/mol. The van der Waals surface area contributed by atoms with Crippen LogP contribution in [0.4, 0.5) is 8.78 Å². The highest BCUT2D eigenvalue weighted by atomic mass is 32.1. The SMILES string of the molecule is Cc1c(C(=O)O)cc(-c2csc(-c3ccc(F)cc3F)n2)n1Cc1cccs1. The highest BCUT2D eigenvalue weighted by molar-refractivity contribution is 7.13. The second-order valence-corrected chi connectivity index (χ2v) is 8.05. The summed E-state index contributed by atoms with van der Waals surface area (Å²) in [5.74, 6) is -2.34. The molecule has 4 aromatic rings. The summed E-state index contributed by atoms with van der Waals surface area (Å²) in [5, 5.41) is 13.6. The molecule has 28 heavy (non-hydrogen) atoms. The Morgan fingerprint density at radius 2 is 2.04 bits per heavy atom. The summed E-state index contributed by atoms with van der Waals surface area (Å²) in [5.41, 5.74) is 2.24. The summed E-state index contributed by atoms with van der Waals surface area (Å²) in [4.78, 5) is 17.2. The van der Waals surface area contributed by atoms with Gasteiger partial charge in [-0.15, -0.1) is 22.7 Å². The number of aromatic carboxylic acids is 1. The lowest BCUT2D eigenvalue weighted by Gasteiger charge is -2.09. The van der Waals surface area contributed by atoms with Gasteiger partial charge in [0.1, 0.15) is 16.6 Å². The molecule has 0 saturated heterocycles. The van der Waals surface area contributed by atoms with Gasteiger partial charge in [0.2, 0.25) is 0 Å². The summed E-state index contributed by atoms with van der Waals surface area (Å²) in [6.07, 6.45) is 0. The number of thiophene rings is 1. The van der Waals surface area contributed by atoms with Crippen LogP contribution in [0.2, 0.25) is 0 Å². The normalized spacial score (nSPS) is 11.1. The number of thiazole rings is 1. The van der Waals surface area contributed by atoms with Crippen LogP contribution in [0.5, 0.6) is 0 Å². The Hall–Kier alpha value is -2.84. The predicted octanol–water partition coefficient (Wildman–Crippen LogP) is 5.67. The molecule has 0 aliphatic carbocycles. The van der Waals surface area contributed by atoms with Crippen LogP contribution in [0.15, 0.2) is 47.2 Å². The van der Waals surface area contributed by atoms with Crippen molar-refractivity contribution in [3.05, 3.63) is 74.9 Å². The number of hydrogen-bond donors (Lipinski definition) is 1. The van der Waals surface area contributed by atoms with Gasteiger partial charge >= 0.3 is 5.97 Å². The topological polar surface area (TPSA) is 55.1 Å². The third-order valence-electron chi connectivity index (χ3n) is 4.42. The van der Waals surface area contributed by atoms with Crippen LogP contribution in [-0.2, 0) is 6.54 Å². The quantitative estimate of drug-likeness (QED) is 0.456. The van der Waals surface area contributed by atoms with Crippen LogP contribution in [0, 0.1) is 18.6 Å². The van der Waals surface area contributed by atoms with E-state index in [9.17, 15) is 18.7 Å². The largest absolute Gasteiger partial charge is 0.478 e. The van der Waals surface area contributed by atoms with Gasteiger partial charge in [-0.25, -0.2) is 18.6 Å². The third kappa shape index (κ3) is 3.36. The third-order valence-corrected chi connectivity index (χ3v) is 6.16. The highest BCUT2D eigenvalue weighted by Gasteiger charge is 2.21. The van der Waals surface area contributed by atoms with Gasteiger partial charge < -0.3 is 9.67 Å². The van der Waals surface area contributed by atoms with E-state index >= 15 is 0 Å². The Kier molecular flexibility index (Phi) is 4.82. The van der Waals surface area contributed by atoms with E-state index in [4.69, 9.17) is 0 Å². The van der Waals surface area contributed by atoms with Gasteiger partial charge in [-0.2, -0.15) is 0 Å². The first kappa shape index (κ1) is 18.5. The van der Waals surface area contributed by atoms with Crippen molar-refractivity contribution in [3.63, 3.8) is 0 Å². The lowest BCUT2D eigenvalue weighted by molar-refractivity contribution is 0.0696. The zero-order chi connectivity index (χ0) is 19.8. The molecule has 3 heterocycles. The lowest BCUT2D eigenvalue weighted by atomic mass is 10.2. The van der Waals surface area contributed by atoms with Crippen molar-refractivity contribution in [1.29, 1.82) is 0 Å². The van der Waals surface area contributed by atoms with Crippen molar-refractivity contribution in [1.82, 2.24) is 9.55 Å². The molecule has 1 N–H and O–H groups in total. The number of halogens is 2. The van der Waals surface area contributed by atoms with Gasteiger partial charge in [-0.1, -0.05) is 6.07 Å². The van der Waals surface area contributed by atoms with E-state index in [1.54, 1.807) is 29.7 Å². The molecule has 142 valence electrons. The standard InChI is InChI=1S/C20H14F2N2O2S2/c1-11-15(20(25)26)8-18(24(11)9-13-3-2-6-27-13)17-10-28-19(23-17)14-5-4-12(21)7-16(14)22/h2-8,10H,9H2,1H3,(H,25,26). The number of carboxylic acid groups (broad SMARTS) is 1. The summed E-state index contributed by atoms with van der Waals surface area (Å²) >= 11 is 2.81. The number of aromatic nitrogens is 2. The van der Waals surface area contributed by atoms with E-state index in [1.807, 2.05) is 22.1 Å². The Morgan fingerprint density at radius 1 is 1.21 bits per heavy atom. The summed E-state index contributed by atoms with van der Waals surface area (Å²) in [7, 11) is 0. The number of nitrogens with zero attached hydrogens (tertiary/aromatic N) is 2. The molecule has 4 nitrogen and oxygen atoms in total. The molecule has 1 aromatic carbocycles. The minimum atomic E-state index is -1.01. The van der Waals surface area contributed by atoms with Crippen molar-refractivity contribution in [2.75, 3.05) is 0 Å². The Balaban J connectivity index is 1.79. The highest BCUT2D eigenvalue weighted by Crippen LogP contribution is 2.33. The summed E-state index contributed by atoms with van der Waals surface area (Å²) in [6.45, 7) is 2.28. The van der Waals surface area contributed by atoms with Crippen LogP contribution >= 0.6 is 22.7 Å². The van der Waals surface area contributed by atoms with E-state index in [2.05, 4.69) is 4.98 Å². The van der Waals surface area contributed by atoms with Crippen molar-refractivity contribution >= 4 is 28.6 Å². The number of hydrogen-bond acceptors (Lipinski definition) is 4. The number of carboxylic acids is 1. The number of carbonyl (C=O) groups is 1. The molecule has 0 radical (unpaired) electrons. The first-order valence-corrected chi connectivity index (χ1v) is 10.1. The molecule has 4 rings (SSSR count). The van der Waals surface area contributed by atoms with Crippen molar-refractivity contribution in [2.45, 2.75) is 13.5 Å². The van der Waals surface area contributed by atoms with Gasteiger partial charge in [-0.05, 0) is 36.6 Å². The summed E-state index contributed by atoms with van der Waals surface area (Å²) < 4.78 is 29.2. The molecule has 0 amide bonds. The predicted molar refractivity (Wildman–Crippen MR) is 106 cm³/mol. The molecule has 8 heteroatoms. The Morgan fingerprint density at radius 3 is 2.71 bits per heavy atom. The van der Waals surface area contributed by atoms with E-state index in [1.165, 1.54) is 23.5 Å². The first-order valence-electron chi connectivity index (χ1n) is 8.31. The molecular weight excluding hydrogens is 402 g/mol. The lowest BCUT2D eigenvalue weighted by Crippen LogP contribution is -2.05. The van der Waals surface area contributed by atoms with Gasteiger partial charge in [-0.3, -0.25) is 0 Å². The molecule has 0 atom stereocenters. The zero-order valence-corrected chi connectivity index (χ0v) is 16.3. The fourth-order valence-electron chi connectivity index (χ4n) is 3.01. The molecule has 0 fully saturated rings.